The predicted molar refractivity (Wildman–Crippen MR) is 112 cm³/mol. The van der Waals surface area contributed by atoms with E-state index in [9.17, 15) is 4.79 Å². The number of nitrogens with one attached hydrogen (secondary N) is 1. The molecule has 0 aromatic heterocycles. The zero-order valence-corrected chi connectivity index (χ0v) is 16.5. The van der Waals surface area contributed by atoms with Gasteiger partial charge in [-0.15, -0.1) is 0 Å². The number of carbonyl (C=O) groups is 1. The van der Waals surface area contributed by atoms with Gasteiger partial charge in [0.1, 0.15) is 0 Å². The topological polar surface area (TPSA) is 35.6 Å². The molecule has 1 saturated heterocycles. The Morgan fingerprint density at radius 2 is 1.63 bits per heavy atom. The second-order valence-electron chi connectivity index (χ2n) is 7.60. The van der Waals surface area contributed by atoms with E-state index in [-0.39, 0.29) is 5.91 Å². The summed E-state index contributed by atoms with van der Waals surface area (Å²) in [4.78, 5) is 16.9. The number of piperazine rings is 1. The standard InChI is InChI=1S/C23H31N3O/c1-19(2)21-8-10-22(11-9-21)24-13-12-23(27)26-16-14-25(15-17-26)18-20-6-4-3-5-7-20/h3-11,19,24H,12-18H2,1-2H3. The van der Waals surface area contributed by atoms with E-state index in [2.05, 4.69) is 72.6 Å². The number of rotatable bonds is 7. The largest absolute Gasteiger partial charge is 0.385 e. The van der Waals surface area contributed by atoms with Gasteiger partial charge in [0, 0.05) is 51.4 Å². The molecule has 27 heavy (non-hydrogen) atoms. The summed E-state index contributed by atoms with van der Waals surface area (Å²) in [7, 11) is 0. The molecule has 4 nitrogen and oxygen atoms in total. The van der Waals surface area contributed by atoms with Gasteiger partial charge in [-0.1, -0.05) is 56.3 Å². The average Bonchev–Trinajstić information content (AvgIpc) is 2.69. The van der Waals surface area contributed by atoms with Crippen molar-refractivity contribution >= 4 is 11.6 Å². The molecule has 0 atom stereocenters. The molecule has 144 valence electrons. The smallest absolute Gasteiger partial charge is 0.224 e. The Labute approximate surface area is 163 Å². The number of nitrogens with zero attached hydrogens (tertiary/aromatic N) is 2. The zero-order valence-electron chi connectivity index (χ0n) is 16.5. The van der Waals surface area contributed by atoms with Crippen LogP contribution in [-0.4, -0.2) is 48.4 Å². The number of carbonyl (C=O) groups excluding carboxylic acids is 1. The van der Waals surface area contributed by atoms with E-state index in [4.69, 9.17) is 0 Å². The Bertz CT molecular complexity index is 704. The maximum absolute atomic E-state index is 12.5. The van der Waals surface area contributed by atoms with E-state index in [0.717, 1.165) is 38.4 Å². The zero-order chi connectivity index (χ0) is 19.1. The van der Waals surface area contributed by atoms with Gasteiger partial charge in [0.25, 0.3) is 0 Å². The third-order valence-corrected chi connectivity index (χ3v) is 5.22. The maximum atomic E-state index is 12.5. The quantitative estimate of drug-likeness (QED) is 0.807. The van der Waals surface area contributed by atoms with Gasteiger partial charge in [-0.2, -0.15) is 0 Å². The Morgan fingerprint density at radius 3 is 2.26 bits per heavy atom. The summed E-state index contributed by atoms with van der Waals surface area (Å²) >= 11 is 0. The fourth-order valence-corrected chi connectivity index (χ4v) is 3.45. The van der Waals surface area contributed by atoms with Gasteiger partial charge in [0.15, 0.2) is 0 Å². The van der Waals surface area contributed by atoms with Crippen molar-refractivity contribution in [2.24, 2.45) is 0 Å². The molecule has 1 aliphatic rings. The van der Waals surface area contributed by atoms with Crippen LogP contribution in [0, 0.1) is 0 Å². The van der Waals surface area contributed by atoms with E-state index in [0.29, 0.717) is 18.9 Å². The fraction of sp³-hybridized carbons (Fsp3) is 0.435. The summed E-state index contributed by atoms with van der Waals surface area (Å²) < 4.78 is 0. The Morgan fingerprint density at radius 1 is 0.963 bits per heavy atom. The van der Waals surface area contributed by atoms with Gasteiger partial charge >= 0.3 is 0 Å². The van der Waals surface area contributed by atoms with Crippen LogP contribution in [0.1, 0.15) is 37.3 Å². The molecule has 3 rings (SSSR count). The van der Waals surface area contributed by atoms with E-state index < -0.39 is 0 Å². The number of hydrogen-bond donors (Lipinski definition) is 1. The lowest BCUT2D eigenvalue weighted by atomic mass is 10.0. The minimum absolute atomic E-state index is 0.251. The third kappa shape index (κ3) is 5.83. The van der Waals surface area contributed by atoms with Crippen molar-refractivity contribution in [2.75, 3.05) is 38.0 Å². The monoisotopic (exact) mass is 365 g/mol. The minimum atomic E-state index is 0.251. The van der Waals surface area contributed by atoms with Crippen LogP contribution in [0.2, 0.25) is 0 Å². The first-order valence-corrected chi connectivity index (χ1v) is 9.99. The van der Waals surface area contributed by atoms with Crippen LogP contribution in [0.4, 0.5) is 5.69 Å². The Hall–Kier alpha value is -2.33. The summed E-state index contributed by atoms with van der Waals surface area (Å²) in [5.41, 5.74) is 3.76. The van der Waals surface area contributed by atoms with Crippen molar-refractivity contribution in [3.05, 3.63) is 65.7 Å². The Balaban J connectivity index is 1.37. The van der Waals surface area contributed by atoms with Crippen molar-refractivity contribution < 1.29 is 4.79 Å². The lowest BCUT2D eigenvalue weighted by Crippen LogP contribution is -2.48. The van der Waals surface area contributed by atoms with Crippen LogP contribution in [0.3, 0.4) is 0 Å². The van der Waals surface area contributed by atoms with Crippen molar-refractivity contribution in [1.82, 2.24) is 9.80 Å². The second-order valence-corrected chi connectivity index (χ2v) is 7.60. The highest BCUT2D eigenvalue weighted by Crippen LogP contribution is 2.17. The van der Waals surface area contributed by atoms with Gasteiger partial charge in [0.05, 0.1) is 0 Å². The van der Waals surface area contributed by atoms with Crippen LogP contribution in [0.15, 0.2) is 54.6 Å². The summed E-state index contributed by atoms with van der Waals surface area (Å²) in [6.45, 7) is 9.60. The summed E-state index contributed by atoms with van der Waals surface area (Å²) in [5.74, 6) is 0.793. The maximum Gasteiger partial charge on any atom is 0.224 e. The van der Waals surface area contributed by atoms with Crippen molar-refractivity contribution in [1.29, 1.82) is 0 Å². The van der Waals surface area contributed by atoms with Crippen LogP contribution < -0.4 is 5.32 Å². The van der Waals surface area contributed by atoms with Gasteiger partial charge in [0.2, 0.25) is 5.91 Å². The lowest BCUT2D eigenvalue weighted by molar-refractivity contribution is -0.132. The predicted octanol–water partition coefficient (Wildman–Crippen LogP) is 3.96. The second kappa shape index (κ2) is 9.56. The molecule has 0 radical (unpaired) electrons. The summed E-state index contributed by atoms with van der Waals surface area (Å²) in [6.07, 6.45) is 0.546. The molecular formula is C23H31N3O. The first-order chi connectivity index (χ1) is 13.1. The van der Waals surface area contributed by atoms with E-state index in [1.54, 1.807) is 0 Å². The number of hydrogen-bond acceptors (Lipinski definition) is 3. The molecule has 1 heterocycles. The van der Waals surface area contributed by atoms with E-state index in [1.165, 1.54) is 11.1 Å². The summed E-state index contributed by atoms with van der Waals surface area (Å²) in [6, 6.07) is 19.0. The first-order valence-electron chi connectivity index (χ1n) is 9.99. The van der Waals surface area contributed by atoms with Crippen LogP contribution in [0.5, 0.6) is 0 Å². The highest BCUT2D eigenvalue weighted by molar-refractivity contribution is 5.76. The summed E-state index contributed by atoms with van der Waals surface area (Å²) in [5, 5.41) is 3.36. The molecule has 0 saturated carbocycles. The van der Waals surface area contributed by atoms with Crippen LogP contribution in [0.25, 0.3) is 0 Å². The molecule has 0 bridgehead atoms. The normalized spacial score (nSPS) is 15.1. The highest BCUT2D eigenvalue weighted by atomic mass is 16.2. The first kappa shape index (κ1) is 19.4. The molecule has 1 amide bonds. The van der Waals surface area contributed by atoms with Gasteiger partial charge in [-0.25, -0.2) is 0 Å². The van der Waals surface area contributed by atoms with Gasteiger partial charge < -0.3 is 10.2 Å². The molecule has 1 aliphatic heterocycles. The molecule has 2 aromatic carbocycles. The van der Waals surface area contributed by atoms with Gasteiger partial charge in [-0.3, -0.25) is 9.69 Å². The third-order valence-electron chi connectivity index (χ3n) is 5.22. The number of anilines is 1. The van der Waals surface area contributed by atoms with Crippen molar-refractivity contribution in [3.63, 3.8) is 0 Å². The average molecular weight is 366 g/mol. The van der Waals surface area contributed by atoms with E-state index in [1.807, 2.05) is 11.0 Å². The fourth-order valence-electron chi connectivity index (χ4n) is 3.45. The van der Waals surface area contributed by atoms with Crippen molar-refractivity contribution in [3.8, 4) is 0 Å². The Kier molecular flexibility index (Phi) is 6.88. The van der Waals surface area contributed by atoms with E-state index >= 15 is 0 Å². The highest BCUT2D eigenvalue weighted by Gasteiger charge is 2.20. The molecule has 2 aromatic rings. The molecule has 1 N–H and O–H groups in total. The minimum Gasteiger partial charge on any atom is -0.385 e. The molecular weight excluding hydrogens is 334 g/mol. The molecule has 0 unspecified atom stereocenters. The van der Waals surface area contributed by atoms with Gasteiger partial charge in [-0.05, 0) is 29.2 Å². The molecule has 4 heteroatoms. The number of benzene rings is 2. The van der Waals surface area contributed by atoms with Crippen LogP contribution >= 0.6 is 0 Å². The molecule has 0 aliphatic carbocycles. The molecule has 1 fully saturated rings. The van der Waals surface area contributed by atoms with Crippen LogP contribution in [-0.2, 0) is 11.3 Å². The number of amides is 1. The van der Waals surface area contributed by atoms with Crippen molar-refractivity contribution in [2.45, 2.75) is 32.7 Å². The lowest BCUT2D eigenvalue weighted by Gasteiger charge is -2.34. The SMILES string of the molecule is CC(C)c1ccc(NCCC(=O)N2CCN(Cc3ccccc3)CC2)cc1. The molecule has 0 spiro atoms.